The van der Waals surface area contributed by atoms with Crippen molar-refractivity contribution in [2.45, 2.75) is 37.5 Å². The molecule has 1 saturated carbocycles. The van der Waals surface area contributed by atoms with Gasteiger partial charge in [0.2, 0.25) is 0 Å². The molecule has 6 aromatic carbocycles. The first-order valence-electron chi connectivity index (χ1n) is 17.6. The van der Waals surface area contributed by atoms with Crippen molar-refractivity contribution < 1.29 is 0 Å². The number of hydrogen-bond donors (Lipinski definition) is 0. The number of nitriles is 1. The van der Waals surface area contributed by atoms with Crippen LogP contribution in [0.25, 0.3) is 67.3 Å². The third-order valence-corrected chi connectivity index (χ3v) is 10.7. The summed E-state index contributed by atoms with van der Waals surface area (Å²) in [6.45, 7) is 0. The van der Waals surface area contributed by atoms with Crippen LogP contribution in [-0.2, 0) is 5.41 Å². The molecule has 9 rings (SSSR count). The normalized spacial score (nSPS) is 14.1. The number of aromatic nitrogens is 2. The van der Waals surface area contributed by atoms with Crippen LogP contribution < -0.4 is 0 Å². The van der Waals surface area contributed by atoms with E-state index < -0.39 is 0 Å². The topological polar surface area (TPSA) is 49.6 Å². The average molecular weight is 642 g/mol. The molecule has 0 radical (unpaired) electrons. The fourth-order valence-corrected chi connectivity index (χ4v) is 8.32. The minimum Gasteiger partial charge on any atom is -0.228 e. The van der Waals surface area contributed by atoms with Crippen molar-refractivity contribution in [3.63, 3.8) is 0 Å². The van der Waals surface area contributed by atoms with Crippen molar-refractivity contribution in [1.82, 2.24) is 9.97 Å². The summed E-state index contributed by atoms with van der Waals surface area (Å²) in [5.74, 6) is 0.706. The highest BCUT2D eigenvalue weighted by atomic mass is 14.9. The zero-order valence-corrected chi connectivity index (χ0v) is 27.8. The van der Waals surface area contributed by atoms with Gasteiger partial charge in [0.05, 0.1) is 23.0 Å². The zero-order valence-electron chi connectivity index (χ0n) is 27.8. The molecule has 1 spiro atoms. The van der Waals surface area contributed by atoms with Crippen LogP contribution in [0.5, 0.6) is 0 Å². The Bertz CT molecular complexity index is 2400. The van der Waals surface area contributed by atoms with Crippen molar-refractivity contribution in [3.8, 4) is 73.4 Å². The molecule has 0 unspecified atom stereocenters. The van der Waals surface area contributed by atoms with Crippen molar-refractivity contribution in [2.24, 2.45) is 0 Å². The predicted molar refractivity (Wildman–Crippen MR) is 203 cm³/mol. The third kappa shape index (κ3) is 5.13. The largest absolute Gasteiger partial charge is 0.228 e. The van der Waals surface area contributed by atoms with Crippen LogP contribution in [0.15, 0.2) is 152 Å². The fourth-order valence-electron chi connectivity index (χ4n) is 8.32. The highest BCUT2D eigenvalue weighted by Gasteiger charge is 2.44. The first-order chi connectivity index (χ1) is 24.7. The SMILES string of the molecule is N#Cc1ccc2c(c1)C1(CCCCC1)c1cccc(-c3cccc(-c4cc(-c5ccc(-c6ccccc6)cc5)nc(-c5ccccc5)n4)c3)c1-2. The highest BCUT2D eigenvalue weighted by molar-refractivity contribution is 5.94. The Labute approximate surface area is 293 Å². The summed E-state index contributed by atoms with van der Waals surface area (Å²) in [5.41, 5.74) is 15.7. The Balaban J connectivity index is 1.17. The van der Waals surface area contributed by atoms with Gasteiger partial charge in [-0.1, -0.05) is 147 Å². The molecule has 0 amide bonds. The molecule has 0 aliphatic heterocycles. The third-order valence-electron chi connectivity index (χ3n) is 10.7. The first-order valence-corrected chi connectivity index (χ1v) is 17.6. The average Bonchev–Trinajstić information content (AvgIpc) is 3.46. The molecular formula is C47H35N3. The molecule has 3 heteroatoms. The van der Waals surface area contributed by atoms with E-state index in [9.17, 15) is 5.26 Å². The van der Waals surface area contributed by atoms with E-state index in [0.29, 0.717) is 5.82 Å². The van der Waals surface area contributed by atoms with Gasteiger partial charge in [0, 0.05) is 22.1 Å². The molecule has 0 bridgehead atoms. The first kappa shape index (κ1) is 30.0. The van der Waals surface area contributed by atoms with E-state index in [0.717, 1.165) is 52.0 Å². The summed E-state index contributed by atoms with van der Waals surface area (Å²) >= 11 is 0. The lowest BCUT2D eigenvalue weighted by atomic mass is 9.67. The summed E-state index contributed by atoms with van der Waals surface area (Å²) in [5, 5.41) is 9.83. The zero-order chi connectivity index (χ0) is 33.5. The van der Waals surface area contributed by atoms with Crippen LogP contribution in [0.1, 0.15) is 48.8 Å². The van der Waals surface area contributed by atoms with Gasteiger partial charge in [0.1, 0.15) is 0 Å². The summed E-state index contributed by atoms with van der Waals surface area (Å²) in [6.07, 6.45) is 5.96. The second-order valence-electron chi connectivity index (χ2n) is 13.6. The van der Waals surface area contributed by atoms with E-state index in [1.54, 1.807) is 0 Å². The molecule has 2 aliphatic carbocycles. The van der Waals surface area contributed by atoms with Crippen LogP contribution in [-0.4, -0.2) is 9.97 Å². The minimum atomic E-state index is -0.0222. The molecule has 3 nitrogen and oxygen atoms in total. The molecule has 1 aromatic heterocycles. The second kappa shape index (κ2) is 12.4. The minimum absolute atomic E-state index is 0.0222. The fraction of sp³-hybridized carbons (Fsp3) is 0.128. The molecule has 0 saturated heterocycles. The van der Waals surface area contributed by atoms with E-state index in [2.05, 4.69) is 127 Å². The van der Waals surface area contributed by atoms with Gasteiger partial charge < -0.3 is 0 Å². The van der Waals surface area contributed by atoms with Crippen LogP contribution in [0.2, 0.25) is 0 Å². The van der Waals surface area contributed by atoms with E-state index in [1.807, 2.05) is 30.3 Å². The summed E-state index contributed by atoms with van der Waals surface area (Å²) < 4.78 is 0. The Morgan fingerprint density at radius 1 is 0.460 bits per heavy atom. The maximum Gasteiger partial charge on any atom is 0.160 e. The maximum atomic E-state index is 9.83. The number of nitrogens with zero attached hydrogens (tertiary/aromatic N) is 3. The van der Waals surface area contributed by atoms with Gasteiger partial charge in [-0.2, -0.15) is 5.26 Å². The molecular weight excluding hydrogens is 607 g/mol. The molecule has 50 heavy (non-hydrogen) atoms. The maximum absolute atomic E-state index is 9.83. The van der Waals surface area contributed by atoms with Crippen molar-refractivity contribution in [2.75, 3.05) is 0 Å². The predicted octanol–water partition coefficient (Wildman–Crippen LogP) is 11.9. The van der Waals surface area contributed by atoms with Crippen LogP contribution in [0, 0.1) is 11.3 Å². The molecule has 1 heterocycles. The van der Waals surface area contributed by atoms with Crippen molar-refractivity contribution >= 4 is 0 Å². The Kier molecular flexibility index (Phi) is 7.44. The van der Waals surface area contributed by atoms with Gasteiger partial charge >= 0.3 is 0 Å². The van der Waals surface area contributed by atoms with Gasteiger partial charge in [-0.25, -0.2) is 9.97 Å². The van der Waals surface area contributed by atoms with Gasteiger partial charge in [-0.05, 0) is 81.6 Å². The van der Waals surface area contributed by atoms with Crippen LogP contribution >= 0.6 is 0 Å². The van der Waals surface area contributed by atoms with Gasteiger partial charge in [-0.3, -0.25) is 0 Å². The monoisotopic (exact) mass is 641 g/mol. The molecule has 7 aromatic rings. The Hall–Kier alpha value is -6.11. The van der Waals surface area contributed by atoms with E-state index in [-0.39, 0.29) is 5.41 Å². The standard InChI is InChI=1S/C47H35N3/c48-31-32-20-25-40-42(28-32)47(26-8-3-9-27-47)41-19-11-18-39(45(40)41)37-16-10-17-38(29-37)44-30-43(49-46(50-44)36-14-6-2-7-15-36)35-23-21-34(22-24-35)33-12-4-1-5-13-33/h1-2,4-7,10-25,28-30H,3,8-9,26-27H2. The molecule has 0 atom stereocenters. The lowest BCUT2D eigenvalue weighted by Gasteiger charge is -2.36. The van der Waals surface area contributed by atoms with Crippen LogP contribution in [0.3, 0.4) is 0 Å². The van der Waals surface area contributed by atoms with E-state index >= 15 is 0 Å². The van der Waals surface area contributed by atoms with Gasteiger partial charge in [0.25, 0.3) is 0 Å². The number of rotatable bonds is 5. The van der Waals surface area contributed by atoms with E-state index in [1.165, 1.54) is 58.2 Å². The number of hydrogen-bond acceptors (Lipinski definition) is 3. The molecule has 238 valence electrons. The lowest BCUT2D eigenvalue weighted by molar-refractivity contribution is 0.353. The summed E-state index contributed by atoms with van der Waals surface area (Å²) in [7, 11) is 0. The quantitative estimate of drug-likeness (QED) is 0.188. The summed E-state index contributed by atoms with van der Waals surface area (Å²) in [4.78, 5) is 10.2. The van der Waals surface area contributed by atoms with Gasteiger partial charge in [0.15, 0.2) is 5.82 Å². The Morgan fingerprint density at radius 2 is 1.08 bits per heavy atom. The van der Waals surface area contributed by atoms with Gasteiger partial charge in [-0.15, -0.1) is 0 Å². The number of fused-ring (bicyclic) bond motifs is 5. The van der Waals surface area contributed by atoms with Crippen LogP contribution in [0.4, 0.5) is 0 Å². The van der Waals surface area contributed by atoms with Crippen molar-refractivity contribution in [3.05, 3.63) is 168 Å². The molecule has 0 N–H and O–H groups in total. The lowest BCUT2D eigenvalue weighted by Crippen LogP contribution is -2.28. The Morgan fingerprint density at radius 3 is 1.82 bits per heavy atom. The second-order valence-corrected chi connectivity index (χ2v) is 13.6. The van der Waals surface area contributed by atoms with E-state index in [4.69, 9.17) is 9.97 Å². The smallest absolute Gasteiger partial charge is 0.160 e. The summed E-state index contributed by atoms with van der Waals surface area (Å²) in [6, 6.07) is 55.8. The molecule has 2 aliphatic rings. The number of benzene rings is 6. The van der Waals surface area contributed by atoms with Crippen molar-refractivity contribution in [1.29, 1.82) is 5.26 Å². The molecule has 1 fully saturated rings. The highest BCUT2D eigenvalue weighted by Crippen LogP contribution is 2.58.